The monoisotopic (exact) mass is 281 g/mol. The van der Waals surface area contributed by atoms with Gasteiger partial charge in [0.05, 0.1) is 23.0 Å². The molecule has 0 spiro atoms. The average Bonchev–Trinajstić information content (AvgIpc) is 2.65. The Labute approximate surface area is 118 Å². The van der Waals surface area contributed by atoms with Crippen LogP contribution in [0.4, 0.5) is 0 Å². The molecule has 5 heteroatoms. The van der Waals surface area contributed by atoms with Crippen molar-refractivity contribution in [3.8, 4) is 0 Å². The van der Waals surface area contributed by atoms with Crippen LogP contribution in [-0.2, 0) is 7.05 Å². The van der Waals surface area contributed by atoms with Gasteiger partial charge in [-0.25, -0.2) is 4.98 Å². The van der Waals surface area contributed by atoms with Crippen LogP contribution in [0.15, 0.2) is 18.2 Å². The van der Waals surface area contributed by atoms with Crippen molar-refractivity contribution in [3.63, 3.8) is 0 Å². The van der Waals surface area contributed by atoms with Crippen molar-refractivity contribution >= 4 is 22.6 Å². The minimum absolute atomic E-state index is 0.0942. The Morgan fingerprint density at radius 2 is 2.21 bits per heavy atom. The molecule has 19 heavy (non-hydrogen) atoms. The fraction of sp³-hybridized carbons (Fsp3) is 0.500. The first-order valence-electron chi connectivity index (χ1n) is 6.39. The quantitative estimate of drug-likeness (QED) is 0.853. The summed E-state index contributed by atoms with van der Waals surface area (Å²) in [6.07, 6.45) is 0. The molecular formula is C14H20ClN3O. The molecule has 0 fully saturated rings. The minimum Gasteiger partial charge on any atom is -0.395 e. The molecule has 0 saturated carbocycles. The van der Waals surface area contributed by atoms with Crippen molar-refractivity contribution < 1.29 is 5.11 Å². The van der Waals surface area contributed by atoms with Crippen LogP contribution in [0, 0.1) is 6.92 Å². The lowest BCUT2D eigenvalue weighted by atomic mass is 10.1. The van der Waals surface area contributed by atoms with Crippen LogP contribution in [-0.4, -0.2) is 46.3 Å². The molecule has 0 aliphatic carbocycles. The number of halogens is 1. The zero-order valence-electron chi connectivity index (χ0n) is 11.6. The number of aliphatic hydroxyl groups excluding tert-OH is 1. The number of fused-ring (bicyclic) bond motifs is 1. The van der Waals surface area contributed by atoms with Crippen LogP contribution >= 0.6 is 11.6 Å². The summed E-state index contributed by atoms with van der Waals surface area (Å²) in [5.41, 5.74) is 3.17. The number of benzene rings is 1. The number of nitrogens with zero attached hydrogens (tertiary/aromatic N) is 3. The highest BCUT2D eigenvalue weighted by atomic mass is 35.5. The van der Waals surface area contributed by atoms with Crippen molar-refractivity contribution in [1.29, 1.82) is 0 Å². The summed E-state index contributed by atoms with van der Waals surface area (Å²) in [6.45, 7) is 3.49. The van der Waals surface area contributed by atoms with Gasteiger partial charge in [-0.2, -0.15) is 0 Å². The molecule has 2 rings (SSSR count). The van der Waals surface area contributed by atoms with Crippen LogP contribution in [0.3, 0.4) is 0 Å². The second-order valence-electron chi connectivity index (χ2n) is 4.92. The van der Waals surface area contributed by atoms with Gasteiger partial charge < -0.3 is 14.6 Å². The van der Waals surface area contributed by atoms with E-state index in [1.807, 2.05) is 38.1 Å². The number of hydrogen-bond donors (Lipinski definition) is 1. The standard InChI is InChI=1S/C14H20ClN3O/c1-10-16-13-8-11(4-5-14(13)18(10)3)12(15)9-17(2)6-7-19/h4-5,8,12,19H,6-7,9H2,1-3H3. The van der Waals surface area contributed by atoms with E-state index < -0.39 is 0 Å². The van der Waals surface area contributed by atoms with Crippen LogP contribution in [0.25, 0.3) is 11.0 Å². The fourth-order valence-electron chi connectivity index (χ4n) is 2.17. The predicted molar refractivity (Wildman–Crippen MR) is 78.6 cm³/mol. The van der Waals surface area contributed by atoms with E-state index >= 15 is 0 Å². The van der Waals surface area contributed by atoms with E-state index in [1.54, 1.807) is 0 Å². The first-order valence-corrected chi connectivity index (χ1v) is 6.83. The van der Waals surface area contributed by atoms with E-state index in [9.17, 15) is 0 Å². The van der Waals surface area contributed by atoms with Gasteiger partial charge in [-0.3, -0.25) is 0 Å². The summed E-state index contributed by atoms with van der Waals surface area (Å²) in [6, 6.07) is 6.16. The zero-order chi connectivity index (χ0) is 14.0. The molecule has 0 saturated heterocycles. The number of alkyl halides is 1. The first-order chi connectivity index (χ1) is 9.02. The second-order valence-corrected chi connectivity index (χ2v) is 5.45. The second kappa shape index (κ2) is 5.90. The Morgan fingerprint density at radius 1 is 1.47 bits per heavy atom. The van der Waals surface area contributed by atoms with E-state index in [0.29, 0.717) is 13.1 Å². The van der Waals surface area contributed by atoms with Crippen LogP contribution in [0.2, 0.25) is 0 Å². The largest absolute Gasteiger partial charge is 0.395 e. The molecule has 1 aromatic carbocycles. The Balaban J connectivity index is 2.21. The smallest absolute Gasteiger partial charge is 0.106 e. The predicted octanol–water partition coefficient (Wildman–Crippen LogP) is 2.09. The van der Waals surface area contributed by atoms with Gasteiger partial charge >= 0.3 is 0 Å². The SMILES string of the molecule is Cc1nc2cc(C(Cl)CN(C)CCO)ccc2n1C. The van der Waals surface area contributed by atoms with Gasteiger partial charge in [0.25, 0.3) is 0 Å². The molecule has 1 atom stereocenters. The van der Waals surface area contributed by atoms with Crippen molar-refractivity contribution in [2.24, 2.45) is 7.05 Å². The van der Waals surface area contributed by atoms with Crippen molar-refractivity contribution in [3.05, 3.63) is 29.6 Å². The molecule has 4 nitrogen and oxygen atoms in total. The summed E-state index contributed by atoms with van der Waals surface area (Å²) in [7, 11) is 3.96. The highest BCUT2D eigenvalue weighted by Gasteiger charge is 2.13. The molecule has 104 valence electrons. The number of rotatable bonds is 5. The lowest BCUT2D eigenvalue weighted by Crippen LogP contribution is -2.25. The zero-order valence-corrected chi connectivity index (χ0v) is 12.4. The third kappa shape index (κ3) is 3.08. The van der Waals surface area contributed by atoms with Crippen LogP contribution in [0.5, 0.6) is 0 Å². The summed E-state index contributed by atoms with van der Waals surface area (Å²) in [4.78, 5) is 6.54. The lowest BCUT2D eigenvalue weighted by Gasteiger charge is -2.19. The third-order valence-electron chi connectivity index (χ3n) is 3.44. The van der Waals surface area contributed by atoms with Gasteiger partial charge in [0.2, 0.25) is 0 Å². The third-order valence-corrected chi connectivity index (χ3v) is 3.83. The van der Waals surface area contributed by atoms with Gasteiger partial charge in [0.1, 0.15) is 5.82 Å². The highest BCUT2D eigenvalue weighted by molar-refractivity contribution is 6.21. The number of hydrogen-bond acceptors (Lipinski definition) is 3. The van der Waals surface area contributed by atoms with Gasteiger partial charge in [-0.05, 0) is 31.7 Å². The Bertz CT molecular complexity index is 567. The molecule has 1 aromatic heterocycles. The number of imidazole rings is 1. The molecule has 2 aromatic rings. The number of likely N-dealkylation sites (N-methyl/N-ethyl adjacent to an activating group) is 1. The Kier molecular flexibility index (Phi) is 4.45. The molecule has 1 heterocycles. The molecular weight excluding hydrogens is 262 g/mol. The van der Waals surface area contributed by atoms with Crippen LogP contribution in [0.1, 0.15) is 16.8 Å². The van der Waals surface area contributed by atoms with Crippen molar-refractivity contribution in [2.45, 2.75) is 12.3 Å². The fourth-order valence-corrected chi connectivity index (χ4v) is 2.54. The van der Waals surface area contributed by atoms with E-state index in [0.717, 1.165) is 22.4 Å². The van der Waals surface area contributed by atoms with Crippen molar-refractivity contribution in [1.82, 2.24) is 14.5 Å². The lowest BCUT2D eigenvalue weighted by molar-refractivity contribution is 0.221. The summed E-state index contributed by atoms with van der Waals surface area (Å²) in [5.74, 6) is 0.996. The maximum absolute atomic E-state index is 8.90. The maximum Gasteiger partial charge on any atom is 0.106 e. The van der Waals surface area contributed by atoms with Gasteiger partial charge in [-0.1, -0.05) is 6.07 Å². The summed E-state index contributed by atoms with van der Waals surface area (Å²) in [5, 5.41) is 8.80. The maximum atomic E-state index is 8.90. The average molecular weight is 282 g/mol. The molecule has 0 aliphatic heterocycles. The summed E-state index contributed by atoms with van der Waals surface area (Å²) >= 11 is 6.43. The number of aliphatic hydroxyl groups is 1. The van der Waals surface area contributed by atoms with E-state index in [-0.39, 0.29) is 12.0 Å². The number of aromatic nitrogens is 2. The van der Waals surface area contributed by atoms with Crippen LogP contribution < -0.4 is 0 Å². The molecule has 0 radical (unpaired) electrons. The van der Waals surface area contributed by atoms with Gasteiger partial charge in [-0.15, -0.1) is 11.6 Å². The normalized spacial score (nSPS) is 13.4. The summed E-state index contributed by atoms with van der Waals surface area (Å²) < 4.78 is 2.07. The highest BCUT2D eigenvalue weighted by Crippen LogP contribution is 2.25. The van der Waals surface area contributed by atoms with E-state index in [2.05, 4.69) is 15.6 Å². The van der Waals surface area contributed by atoms with E-state index in [4.69, 9.17) is 16.7 Å². The Morgan fingerprint density at radius 3 is 2.89 bits per heavy atom. The minimum atomic E-state index is -0.0942. The number of aryl methyl sites for hydroxylation is 2. The topological polar surface area (TPSA) is 41.3 Å². The first kappa shape index (κ1) is 14.3. The molecule has 0 amide bonds. The molecule has 1 unspecified atom stereocenters. The van der Waals surface area contributed by atoms with Gasteiger partial charge in [0, 0.05) is 20.1 Å². The molecule has 0 aliphatic rings. The van der Waals surface area contributed by atoms with E-state index in [1.165, 1.54) is 0 Å². The van der Waals surface area contributed by atoms with Crippen molar-refractivity contribution in [2.75, 3.05) is 26.7 Å². The van der Waals surface area contributed by atoms with Gasteiger partial charge in [0.15, 0.2) is 0 Å². The molecule has 0 bridgehead atoms. The molecule has 1 N–H and O–H groups in total. The Hall–Kier alpha value is -1.10.